The lowest BCUT2D eigenvalue weighted by molar-refractivity contribution is -0.314. The van der Waals surface area contributed by atoms with Gasteiger partial charge in [-0.1, -0.05) is 24.3 Å². The summed E-state index contributed by atoms with van der Waals surface area (Å²) in [4.78, 5) is 11.5. The third-order valence-electron chi connectivity index (χ3n) is 3.67. The number of hydrogen-bond donors (Lipinski definition) is 1. The molecule has 2 aromatic rings. The maximum atomic E-state index is 13.0. The Balaban J connectivity index is 2.20. The van der Waals surface area contributed by atoms with Crippen molar-refractivity contribution in [2.24, 2.45) is 5.92 Å². The first-order valence-electron chi connectivity index (χ1n) is 8.08. The van der Waals surface area contributed by atoms with Crippen molar-refractivity contribution < 1.29 is 24.1 Å². The molecule has 0 fully saturated rings. The van der Waals surface area contributed by atoms with Gasteiger partial charge in [-0.3, -0.25) is 0 Å². The molecule has 1 N–H and O–H groups in total. The van der Waals surface area contributed by atoms with Gasteiger partial charge in [0.15, 0.2) is 0 Å². The van der Waals surface area contributed by atoms with Gasteiger partial charge in [-0.2, -0.15) is 0 Å². The highest BCUT2D eigenvalue weighted by atomic mass is 19.1. The minimum Gasteiger partial charge on any atom is -0.550 e. The molecule has 0 bridgehead atoms. The molecule has 0 saturated carbocycles. The fourth-order valence-corrected chi connectivity index (χ4v) is 2.56. The van der Waals surface area contributed by atoms with E-state index in [1.165, 1.54) is 24.3 Å². The number of halogens is 1. The SMILES string of the molecule is CC(C)(C)Oc1cccc(CC(C(=O)[O-])C(O)c2ccc(F)cc2)c1. The number of carbonyl (C=O) groups excluding carboxylic acids is 1. The summed E-state index contributed by atoms with van der Waals surface area (Å²) in [5.41, 5.74) is 0.662. The van der Waals surface area contributed by atoms with E-state index in [2.05, 4.69) is 0 Å². The molecule has 0 aliphatic rings. The largest absolute Gasteiger partial charge is 0.550 e. The Morgan fingerprint density at radius 1 is 1.20 bits per heavy atom. The van der Waals surface area contributed by atoms with Gasteiger partial charge in [-0.25, -0.2) is 4.39 Å². The zero-order valence-electron chi connectivity index (χ0n) is 14.5. The van der Waals surface area contributed by atoms with E-state index in [1.54, 1.807) is 24.3 Å². The molecular weight excluding hydrogens is 323 g/mol. The van der Waals surface area contributed by atoms with Gasteiger partial charge in [0.2, 0.25) is 0 Å². The highest BCUT2D eigenvalue weighted by Crippen LogP contribution is 2.27. The van der Waals surface area contributed by atoms with Crippen LogP contribution >= 0.6 is 0 Å². The highest BCUT2D eigenvalue weighted by molar-refractivity contribution is 5.69. The number of aliphatic hydroxyl groups excluding tert-OH is 1. The van der Waals surface area contributed by atoms with Gasteiger partial charge in [0, 0.05) is 11.9 Å². The molecule has 25 heavy (non-hydrogen) atoms. The fraction of sp³-hybridized carbons (Fsp3) is 0.350. The summed E-state index contributed by atoms with van der Waals surface area (Å²) in [5.74, 6) is -2.35. The van der Waals surface area contributed by atoms with Crippen molar-refractivity contribution in [3.05, 3.63) is 65.5 Å². The lowest BCUT2D eigenvalue weighted by Gasteiger charge is -2.25. The standard InChI is InChI=1S/C20H23FO4/c1-20(2,3)25-16-6-4-5-13(11-16)12-17(19(23)24)18(22)14-7-9-15(21)10-8-14/h4-11,17-18,22H,12H2,1-3H3,(H,23,24)/p-1. The van der Waals surface area contributed by atoms with E-state index in [1.807, 2.05) is 20.8 Å². The normalized spacial score (nSPS) is 14.0. The van der Waals surface area contributed by atoms with Crippen molar-refractivity contribution in [2.45, 2.75) is 38.9 Å². The smallest absolute Gasteiger partial charge is 0.123 e. The number of rotatable bonds is 6. The Morgan fingerprint density at radius 3 is 2.40 bits per heavy atom. The first-order valence-corrected chi connectivity index (χ1v) is 8.08. The van der Waals surface area contributed by atoms with Gasteiger partial charge in [0.05, 0.1) is 6.10 Å². The zero-order chi connectivity index (χ0) is 18.6. The second-order valence-corrected chi connectivity index (χ2v) is 6.99. The summed E-state index contributed by atoms with van der Waals surface area (Å²) in [5, 5.41) is 21.9. The first-order chi connectivity index (χ1) is 11.7. The highest BCUT2D eigenvalue weighted by Gasteiger charge is 2.23. The summed E-state index contributed by atoms with van der Waals surface area (Å²) < 4.78 is 18.8. The molecule has 0 radical (unpaired) electrons. The van der Waals surface area contributed by atoms with Crippen LogP contribution in [0.5, 0.6) is 5.75 Å². The summed E-state index contributed by atoms with van der Waals surface area (Å²) in [6, 6.07) is 12.2. The number of carboxylic acid groups (broad SMARTS) is 1. The van der Waals surface area contributed by atoms with Crippen LogP contribution < -0.4 is 9.84 Å². The van der Waals surface area contributed by atoms with E-state index in [0.717, 1.165) is 0 Å². The molecular formula is C20H22FO4-. The predicted molar refractivity (Wildman–Crippen MR) is 90.4 cm³/mol. The summed E-state index contributed by atoms with van der Waals surface area (Å²) in [6.07, 6.45) is -1.22. The number of carboxylic acids is 1. The van der Waals surface area contributed by atoms with Crippen molar-refractivity contribution >= 4 is 5.97 Å². The van der Waals surface area contributed by atoms with Crippen LogP contribution in [0.25, 0.3) is 0 Å². The van der Waals surface area contributed by atoms with E-state index in [4.69, 9.17) is 4.74 Å². The van der Waals surface area contributed by atoms with Crippen LogP contribution in [0.15, 0.2) is 48.5 Å². The van der Waals surface area contributed by atoms with Crippen molar-refractivity contribution in [3.8, 4) is 5.75 Å². The van der Waals surface area contributed by atoms with E-state index in [-0.39, 0.29) is 12.0 Å². The molecule has 134 valence electrons. The van der Waals surface area contributed by atoms with Crippen molar-refractivity contribution in [2.75, 3.05) is 0 Å². The van der Waals surface area contributed by atoms with Crippen LogP contribution in [0, 0.1) is 11.7 Å². The molecule has 0 spiro atoms. The third kappa shape index (κ3) is 5.57. The Kier molecular flexibility index (Phi) is 5.80. The molecule has 0 aromatic heterocycles. The predicted octanol–water partition coefficient (Wildman–Crippen LogP) is 2.65. The molecule has 0 heterocycles. The van der Waals surface area contributed by atoms with E-state index in [9.17, 15) is 19.4 Å². The minimum atomic E-state index is -1.36. The molecule has 2 rings (SSSR count). The van der Waals surface area contributed by atoms with Crippen LogP contribution in [0.3, 0.4) is 0 Å². The average Bonchev–Trinajstić information content (AvgIpc) is 2.51. The van der Waals surface area contributed by atoms with Gasteiger partial charge < -0.3 is 19.7 Å². The van der Waals surface area contributed by atoms with Crippen LogP contribution in [-0.4, -0.2) is 16.7 Å². The molecule has 0 aliphatic carbocycles. The number of ether oxygens (including phenoxy) is 1. The maximum absolute atomic E-state index is 13.0. The molecule has 0 aliphatic heterocycles. The van der Waals surface area contributed by atoms with Crippen LogP contribution in [-0.2, 0) is 11.2 Å². The zero-order valence-corrected chi connectivity index (χ0v) is 14.5. The summed E-state index contributed by atoms with van der Waals surface area (Å²) in [6.45, 7) is 5.76. The topological polar surface area (TPSA) is 69.6 Å². The number of hydrogen-bond acceptors (Lipinski definition) is 4. The Labute approximate surface area is 146 Å². The van der Waals surface area contributed by atoms with E-state index in [0.29, 0.717) is 16.9 Å². The number of aliphatic carboxylic acids is 1. The summed E-state index contributed by atoms with van der Waals surface area (Å²) in [7, 11) is 0. The van der Waals surface area contributed by atoms with E-state index < -0.39 is 23.8 Å². The number of benzene rings is 2. The Bertz CT molecular complexity index is 719. The lowest BCUT2D eigenvalue weighted by atomic mass is 9.90. The minimum absolute atomic E-state index is 0.0716. The van der Waals surface area contributed by atoms with Crippen LogP contribution in [0.2, 0.25) is 0 Å². The lowest BCUT2D eigenvalue weighted by Crippen LogP contribution is -2.36. The molecule has 2 aromatic carbocycles. The fourth-order valence-electron chi connectivity index (χ4n) is 2.56. The van der Waals surface area contributed by atoms with Crippen molar-refractivity contribution in [1.29, 1.82) is 0 Å². The van der Waals surface area contributed by atoms with Gasteiger partial charge >= 0.3 is 0 Å². The first kappa shape index (κ1) is 18.9. The monoisotopic (exact) mass is 345 g/mol. The third-order valence-corrected chi connectivity index (χ3v) is 3.67. The Hall–Kier alpha value is -2.40. The maximum Gasteiger partial charge on any atom is 0.123 e. The molecule has 2 atom stereocenters. The molecule has 5 heteroatoms. The van der Waals surface area contributed by atoms with Gasteiger partial charge in [-0.05, 0) is 62.6 Å². The molecule has 2 unspecified atom stereocenters. The van der Waals surface area contributed by atoms with Gasteiger partial charge in [-0.15, -0.1) is 0 Å². The van der Waals surface area contributed by atoms with Crippen LogP contribution in [0.4, 0.5) is 4.39 Å². The number of aliphatic hydroxyl groups is 1. The van der Waals surface area contributed by atoms with Gasteiger partial charge in [0.25, 0.3) is 0 Å². The number of carbonyl (C=O) groups is 1. The second-order valence-electron chi connectivity index (χ2n) is 6.99. The Morgan fingerprint density at radius 2 is 1.84 bits per heavy atom. The second kappa shape index (κ2) is 7.66. The van der Waals surface area contributed by atoms with E-state index >= 15 is 0 Å². The van der Waals surface area contributed by atoms with Crippen molar-refractivity contribution in [3.63, 3.8) is 0 Å². The van der Waals surface area contributed by atoms with Crippen LogP contribution in [0.1, 0.15) is 38.0 Å². The molecule has 0 amide bonds. The molecule has 4 nitrogen and oxygen atoms in total. The average molecular weight is 345 g/mol. The van der Waals surface area contributed by atoms with Gasteiger partial charge in [0.1, 0.15) is 17.2 Å². The summed E-state index contributed by atoms with van der Waals surface area (Å²) >= 11 is 0. The van der Waals surface area contributed by atoms with Crippen molar-refractivity contribution in [1.82, 2.24) is 0 Å². The molecule has 0 saturated heterocycles. The quantitative estimate of drug-likeness (QED) is 0.874.